The van der Waals surface area contributed by atoms with Crippen LogP contribution in [0.25, 0.3) is 0 Å². The van der Waals surface area contributed by atoms with E-state index in [4.69, 9.17) is 5.73 Å². The summed E-state index contributed by atoms with van der Waals surface area (Å²) in [7, 11) is 0. The first-order valence-corrected chi connectivity index (χ1v) is 10.7. The van der Waals surface area contributed by atoms with E-state index in [0.717, 1.165) is 35.3 Å². The van der Waals surface area contributed by atoms with Crippen LogP contribution < -0.4 is 16.4 Å². The molecule has 0 aliphatic heterocycles. The summed E-state index contributed by atoms with van der Waals surface area (Å²) in [4.78, 5) is 12.8. The molecule has 0 saturated carbocycles. The number of thiol groups is 1. The van der Waals surface area contributed by atoms with Crippen LogP contribution in [-0.4, -0.2) is 24.2 Å². The van der Waals surface area contributed by atoms with Crippen molar-refractivity contribution in [2.75, 3.05) is 22.9 Å². The Hall–Kier alpha value is -1.98. The highest BCUT2D eigenvalue weighted by Crippen LogP contribution is 2.23. The fourth-order valence-corrected chi connectivity index (χ4v) is 3.18. The monoisotopic (exact) mass is 399 g/mol. The van der Waals surface area contributed by atoms with Gasteiger partial charge in [0.2, 0.25) is 0 Å². The number of anilines is 2. The van der Waals surface area contributed by atoms with Crippen LogP contribution in [0.2, 0.25) is 0 Å². The molecule has 1 atom stereocenters. The molecule has 4 nitrogen and oxygen atoms in total. The Morgan fingerprint density at radius 3 is 2.64 bits per heavy atom. The zero-order chi connectivity index (χ0) is 20.5. The maximum Gasteiger partial charge on any atom is 0.255 e. The topological polar surface area (TPSA) is 67.2 Å². The van der Waals surface area contributed by atoms with E-state index >= 15 is 0 Å². The highest BCUT2D eigenvalue weighted by molar-refractivity contribution is 7.80. The molecule has 0 bridgehead atoms. The maximum absolute atomic E-state index is 12.8. The summed E-state index contributed by atoms with van der Waals surface area (Å²) in [6.45, 7) is 6.90. The maximum atomic E-state index is 12.8. The van der Waals surface area contributed by atoms with Gasteiger partial charge >= 0.3 is 0 Å². The van der Waals surface area contributed by atoms with Crippen molar-refractivity contribution in [3.05, 3.63) is 58.7 Å². The summed E-state index contributed by atoms with van der Waals surface area (Å²) < 4.78 is 0. The Kier molecular flexibility index (Phi) is 8.87. The molecule has 2 rings (SSSR count). The molecule has 2 aromatic carbocycles. The number of rotatable bonds is 10. The molecule has 5 heteroatoms. The average Bonchev–Trinajstić information content (AvgIpc) is 2.70. The molecule has 0 spiro atoms. The van der Waals surface area contributed by atoms with Gasteiger partial charge in [-0.2, -0.15) is 12.6 Å². The van der Waals surface area contributed by atoms with Gasteiger partial charge in [0.15, 0.2) is 0 Å². The lowest BCUT2D eigenvalue weighted by Gasteiger charge is -2.17. The van der Waals surface area contributed by atoms with Crippen molar-refractivity contribution in [2.45, 2.75) is 52.5 Å². The Bertz CT molecular complexity index is 791. The highest BCUT2D eigenvalue weighted by Gasteiger charge is 2.12. The van der Waals surface area contributed by atoms with E-state index in [1.54, 1.807) is 0 Å². The van der Waals surface area contributed by atoms with Gasteiger partial charge in [0.25, 0.3) is 5.91 Å². The predicted octanol–water partition coefficient (Wildman–Crippen LogP) is 4.96. The fraction of sp³-hybridized carbons (Fsp3) is 0.435. The summed E-state index contributed by atoms with van der Waals surface area (Å²) in [5, 5.41) is 6.46. The van der Waals surface area contributed by atoms with Gasteiger partial charge < -0.3 is 16.4 Å². The zero-order valence-corrected chi connectivity index (χ0v) is 18.1. The number of carbonyl (C=O) groups is 1. The standard InChI is InChI=1S/C23H33N3OS/c1-4-5-6-9-18-11-12-19(13-22(18)25-14-20(24)15-28)23(27)26-21-10-7-8-16(2)17(21)3/h7-8,10-13,20,25,28H,4-6,9,14-15,24H2,1-3H3,(H,26,27)/t20-/m1/s1. The van der Waals surface area contributed by atoms with Crippen LogP contribution in [-0.2, 0) is 6.42 Å². The van der Waals surface area contributed by atoms with E-state index < -0.39 is 0 Å². The van der Waals surface area contributed by atoms with E-state index in [1.165, 1.54) is 18.4 Å². The smallest absolute Gasteiger partial charge is 0.255 e. The van der Waals surface area contributed by atoms with Crippen molar-refractivity contribution in [3.63, 3.8) is 0 Å². The average molecular weight is 400 g/mol. The molecule has 0 heterocycles. The molecule has 0 aromatic heterocycles. The van der Waals surface area contributed by atoms with Gasteiger partial charge in [-0.05, 0) is 61.6 Å². The third-order valence-corrected chi connectivity index (χ3v) is 5.53. The van der Waals surface area contributed by atoms with E-state index in [9.17, 15) is 4.79 Å². The first-order valence-electron chi connectivity index (χ1n) is 10.1. The molecular weight excluding hydrogens is 366 g/mol. The number of amides is 1. The van der Waals surface area contributed by atoms with Gasteiger partial charge in [-0.1, -0.05) is 38.0 Å². The lowest BCUT2D eigenvalue weighted by atomic mass is 10.0. The summed E-state index contributed by atoms with van der Waals surface area (Å²) in [5.74, 6) is 0.515. The summed E-state index contributed by atoms with van der Waals surface area (Å²) >= 11 is 4.25. The number of nitrogens with two attached hydrogens (primary N) is 1. The largest absolute Gasteiger partial charge is 0.383 e. The molecular formula is C23H33N3OS. The van der Waals surface area contributed by atoms with Gasteiger partial charge in [-0.3, -0.25) is 4.79 Å². The number of benzene rings is 2. The lowest BCUT2D eigenvalue weighted by molar-refractivity contribution is 0.102. The highest BCUT2D eigenvalue weighted by atomic mass is 32.1. The number of hydrogen-bond acceptors (Lipinski definition) is 4. The van der Waals surface area contributed by atoms with E-state index in [-0.39, 0.29) is 11.9 Å². The van der Waals surface area contributed by atoms with Crippen LogP contribution in [0.5, 0.6) is 0 Å². The molecule has 0 aliphatic carbocycles. The number of aryl methyl sites for hydroxylation is 2. The lowest BCUT2D eigenvalue weighted by Crippen LogP contribution is -2.31. The quantitative estimate of drug-likeness (QED) is 0.337. The van der Waals surface area contributed by atoms with Crippen molar-refractivity contribution in [1.29, 1.82) is 0 Å². The first-order chi connectivity index (χ1) is 13.5. The number of unbranched alkanes of at least 4 members (excludes halogenated alkanes) is 2. The predicted molar refractivity (Wildman–Crippen MR) is 124 cm³/mol. The van der Waals surface area contributed by atoms with Crippen LogP contribution >= 0.6 is 12.6 Å². The molecule has 1 amide bonds. The molecule has 0 fully saturated rings. The minimum absolute atomic E-state index is 0.0285. The Labute approximate surface area is 174 Å². The van der Waals surface area contributed by atoms with E-state index in [2.05, 4.69) is 36.3 Å². The fourth-order valence-electron chi connectivity index (χ4n) is 3.05. The van der Waals surface area contributed by atoms with E-state index in [0.29, 0.717) is 17.9 Å². The molecule has 0 radical (unpaired) electrons. The minimum atomic E-state index is -0.102. The molecule has 0 saturated heterocycles. The van der Waals surface area contributed by atoms with Gasteiger partial charge in [-0.15, -0.1) is 0 Å². The van der Waals surface area contributed by atoms with Gasteiger partial charge in [0.1, 0.15) is 0 Å². The summed E-state index contributed by atoms with van der Waals surface area (Å²) in [6.07, 6.45) is 4.51. The summed E-state index contributed by atoms with van der Waals surface area (Å²) in [5.41, 5.74) is 12.0. The summed E-state index contributed by atoms with van der Waals surface area (Å²) in [6, 6.07) is 11.8. The Morgan fingerprint density at radius 2 is 1.93 bits per heavy atom. The van der Waals surface area contributed by atoms with Gasteiger partial charge in [-0.25, -0.2) is 0 Å². The number of hydrogen-bond donors (Lipinski definition) is 4. The van der Waals surface area contributed by atoms with Crippen molar-refractivity contribution >= 4 is 29.9 Å². The number of carbonyl (C=O) groups excluding carboxylic acids is 1. The van der Waals surface area contributed by atoms with E-state index in [1.807, 2.05) is 44.2 Å². The van der Waals surface area contributed by atoms with Crippen molar-refractivity contribution in [2.24, 2.45) is 5.73 Å². The normalized spacial score (nSPS) is 11.9. The van der Waals surface area contributed by atoms with Crippen LogP contribution in [0.4, 0.5) is 11.4 Å². The van der Waals surface area contributed by atoms with Crippen LogP contribution in [0.1, 0.15) is 53.2 Å². The van der Waals surface area contributed by atoms with Crippen molar-refractivity contribution in [3.8, 4) is 0 Å². The molecule has 0 aliphatic rings. The molecule has 0 unspecified atom stereocenters. The second kappa shape index (κ2) is 11.1. The van der Waals surface area contributed by atoms with Crippen LogP contribution in [0, 0.1) is 13.8 Å². The SMILES string of the molecule is CCCCCc1ccc(C(=O)Nc2cccc(C)c2C)cc1NC[C@@H](N)CS. The molecule has 2 aromatic rings. The first kappa shape index (κ1) is 22.3. The second-order valence-corrected chi connectivity index (χ2v) is 7.72. The Morgan fingerprint density at radius 1 is 1.14 bits per heavy atom. The number of nitrogens with one attached hydrogen (secondary N) is 2. The Balaban J connectivity index is 2.20. The van der Waals surface area contributed by atoms with Crippen LogP contribution in [0.3, 0.4) is 0 Å². The molecule has 152 valence electrons. The zero-order valence-electron chi connectivity index (χ0n) is 17.2. The second-order valence-electron chi connectivity index (χ2n) is 7.35. The van der Waals surface area contributed by atoms with Crippen molar-refractivity contribution < 1.29 is 4.79 Å². The minimum Gasteiger partial charge on any atom is -0.383 e. The molecule has 4 N–H and O–H groups in total. The third kappa shape index (κ3) is 6.28. The third-order valence-electron chi connectivity index (χ3n) is 5.06. The van der Waals surface area contributed by atoms with Gasteiger partial charge in [0, 0.05) is 35.3 Å². The van der Waals surface area contributed by atoms with Crippen molar-refractivity contribution in [1.82, 2.24) is 0 Å². The van der Waals surface area contributed by atoms with Crippen LogP contribution in [0.15, 0.2) is 36.4 Å². The van der Waals surface area contributed by atoms with Gasteiger partial charge in [0.05, 0.1) is 0 Å². The molecule has 28 heavy (non-hydrogen) atoms.